The van der Waals surface area contributed by atoms with Crippen LogP contribution in [0.3, 0.4) is 0 Å². The second-order valence-corrected chi connectivity index (χ2v) is 9.63. The Labute approximate surface area is 185 Å². The largest absolute Gasteiger partial charge is 0.379 e. The molecule has 0 aliphatic carbocycles. The molecule has 0 spiro atoms. The highest BCUT2D eigenvalue weighted by atomic mass is 32.2. The number of allylic oxidation sites excluding steroid dienone is 4. The average molecular weight is 434 g/mol. The number of hydrogen-bond donors (Lipinski definition) is 1. The van der Waals surface area contributed by atoms with E-state index in [4.69, 9.17) is 4.74 Å². The van der Waals surface area contributed by atoms with E-state index in [-0.39, 0.29) is 6.04 Å². The topological polar surface area (TPSA) is 44.8 Å². The summed E-state index contributed by atoms with van der Waals surface area (Å²) in [6.45, 7) is 19.8. The Hall–Kier alpha value is -1.47. The predicted octanol–water partition coefficient (Wildman–Crippen LogP) is 4.13. The molecule has 2 heterocycles. The van der Waals surface area contributed by atoms with Crippen LogP contribution in [0.25, 0.3) is 0 Å². The molecule has 1 N–H and O–H groups in total. The van der Waals surface area contributed by atoms with Gasteiger partial charge in [-0.2, -0.15) is 0 Å². The van der Waals surface area contributed by atoms with Crippen molar-refractivity contribution in [2.75, 3.05) is 39.4 Å². The minimum Gasteiger partial charge on any atom is -0.379 e. The third-order valence-electron chi connectivity index (χ3n) is 5.36. The van der Waals surface area contributed by atoms with E-state index >= 15 is 0 Å². The van der Waals surface area contributed by atoms with Crippen molar-refractivity contribution in [2.45, 2.75) is 46.1 Å². The fourth-order valence-electron chi connectivity index (χ4n) is 3.63. The molecular formula is C24H39N3O2S. The molecule has 0 amide bonds. The SMILES string of the molecule is C=C(N/C(C)=C/C=C\C(C)C)C(=C)C(C/C=C/S(=O)N1CCOCC1)N1CCCC1. The van der Waals surface area contributed by atoms with Crippen molar-refractivity contribution in [1.29, 1.82) is 0 Å². The summed E-state index contributed by atoms with van der Waals surface area (Å²) in [5.74, 6) is 0.529. The predicted molar refractivity (Wildman–Crippen MR) is 128 cm³/mol. The van der Waals surface area contributed by atoms with Crippen LogP contribution in [0, 0.1) is 5.92 Å². The van der Waals surface area contributed by atoms with Crippen LogP contribution in [-0.4, -0.2) is 58.8 Å². The van der Waals surface area contributed by atoms with Crippen LogP contribution < -0.4 is 5.32 Å². The molecule has 0 aromatic rings. The van der Waals surface area contributed by atoms with Crippen molar-refractivity contribution in [3.05, 3.63) is 59.8 Å². The summed E-state index contributed by atoms with van der Waals surface area (Å²) in [5, 5.41) is 5.21. The third kappa shape index (κ3) is 8.34. The van der Waals surface area contributed by atoms with Gasteiger partial charge in [0.05, 0.1) is 13.2 Å². The van der Waals surface area contributed by atoms with E-state index in [1.54, 1.807) is 0 Å². The van der Waals surface area contributed by atoms with E-state index in [0.29, 0.717) is 19.1 Å². The van der Waals surface area contributed by atoms with Gasteiger partial charge in [0.1, 0.15) is 11.0 Å². The number of rotatable bonds is 11. The summed E-state index contributed by atoms with van der Waals surface area (Å²) in [6.07, 6.45) is 11.6. The lowest BCUT2D eigenvalue weighted by molar-refractivity contribution is 0.0756. The first kappa shape index (κ1) is 24.8. The Morgan fingerprint density at radius 2 is 1.83 bits per heavy atom. The van der Waals surface area contributed by atoms with Gasteiger partial charge in [-0.3, -0.25) is 4.90 Å². The zero-order valence-electron chi connectivity index (χ0n) is 18.9. The highest BCUT2D eigenvalue weighted by Gasteiger charge is 2.25. The second-order valence-electron chi connectivity index (χ2n) is 8.29. The van der Waals surface area contributed by atoms with Crippen LogP contribution >= 0.6 is 0 Å². The van der Waals surface area contributed by atoms with E-state index in [9.17, 15) is 4.21 Å². The number of morpholine rings is 1. The van der Waals surface area contributed by atoms with Crippen molar-refractivity contribution in [1.82, 2.24) is 14.5 Å². The van der Waals surface area contributed by atoms with Gasteiger partial charge in [0.25, 0.3) is 0 Å². The van der Waals surface area contributed by atoms with Gasteiger partial charge in [-0.25, -0.2) is 8.51 Å². The molecule has 2 atom stereocenters. The Bertz CT molecular complexity index is 685. The molecule has 168 valence electrons. The van der Waals surface area contributed by atoms with Gasteiger partial charge in [-0.1, -0.05) is 45.2 Å². The first-order chi connectivity index (χ1) is 14.4. The summed E-state index contributed by atoms with van der Waals surface area (Å²) in [7, 11) is -1.10. The van der Waals surface area contributed by atoms with E-state index in [1.165, 1.54) is 12.8 Å². The minimum atomic E-state index is -1.10. The Balaban J connectivity index is 1.97. The fraction of sp³-hybridized carbons (Fsp3) is 0.583. The van der Waals surface area contributed by atoms with Crippen LogP contribution in [0.4, 0.5) is 0 Å². The van der Waals surface area contributed by atoms with Gasteiger partial charge >= 0.3 is 0 Å². The highest BCUT2D eigenvalue weighted by Crippen LogP contribution is 2.23. The molecule has 6 heteroatoms. The molecule has 2 fully saturated rings. The molecular weight excluding hydrogens is 394 g/mol. The van der Waals surface area contributed by atoms with Crippen LogP contribution in [0.2, 0.25) is 0 Å². The fourth-order valence-corrected chi connectivity index (χ4v) is 4.58. The van der Waals surface area contributed by atoms with Crippen LogP contribution in [0.5, 0.6) is 0 Å². The number of nitrogens with one attached hydrogen (secondary N) is 1. The summed E-state index contributed by atoms with van der Waals surface area (Å²) < 4.78 is 19.8. The molecule has 5 nitrogen and oxygen atoms in total. The van der Waals surface area contributed by atoms with E-state index in [0.717, 1.165) is 49.6 Å². The molecule has 0 saturated carbocycles. The molecule has 2 rings (SSSR count). The molecule has 0 radical (unpaired) electrons. The van der Waals surface area contributed by atoms with Gasteiger partial charge in [0.2, 0.25) is 0 Å². The van der Waals surface area contributed by atoms with Gasteiger partial charge in [-0.15, -0.1) is 0 Å². The monoisotopic (exact) mass is 433 g/mol. The van der Waals surface area contributed by atoms with E-state index < -0.39 is 11.0 Å². The number of hydrogen-bond acceptors (Lipinski definition) is 4. The molecule has 0 aromatic carbocycles. The Morgan fingerprint density at radius 1 is 1.17 bits per heavy atom. The van der Waals surface area contributed by atoms with Crippen molar-refractivity contribution in [3.8, 4) is 0 Å². The van der Waals surface area contributed by atoms with Gasteiger partial charge in [-0.05, 0) is 56.8 Å². The minimum absolute atomic E-state index is 0.171. The van der Waals surface area contributed by atoms with Crippen LogP contribution in [0.15, 0.2) is 59.8 Å². The zero-order valence-corrected chi connectivity index (χ0v) is 19.8. The third-order valence-corrected chi connectivity index (χ3v) is 6.66. The van der Waals surface area contributed by atoms with Crippen LogP contribution in [0.1, 0.15) is 40.0 Å². The highest BCUT2D eigenvalue weighted by molar-refractivity contribution is 7.85. The normalized spacial score (nSPS) is 21.5. The molecule has 2 unspecified atom stereocenters. The maximum Gasteiger partial charge on any atom is 0.119 e. The first-order valence-electron chi connectivity index (χ1n) is 11.0. The van der Waals surface area contributed by atoms with Crippen molar-refractivity contribution >= 4 is 11.0 Å². The molecule has 30 heavy (non-hydrogen) atoms. The van der Waals surface area contributed by atoms with Crippen molar-refractivity contribution in [2.24, 2.45) is 5.92 Å². The lowest BCUT2D eigenvalue weighted by Gasteiger charge is -2.30. The molecule has 0 aromatic heterocycles. The van der Waals surface area contributed by atoms with Gasteiger partial charge in [0.15, 0.2) is 0 Å². The lowest BCUT2D eigenvalue weighted by atomic mass is 10.0. The molecule has 2 aliphatic rings. The number of ether oxygens (including phenoxy) is 1. The molecule has 0 bridgehead atoms. The smallest absolute Gasteiger partial charge is 0.119 e. The summed E-state index contributed by atoms with van der Waals surface area (Å²) >= 11 is 0. The lowest BCUT2D eigenvalue weighted by Crippen LogP contribution is -2.37. The number of nitrogens with zero attached hydrogens (tertiary/aromatic N) is 2. The van der Waals surface area contributed by atoms with Gasteiger partial charge < -0.3 is 10.1 Å². The summed E-state index contributed by atoms with van der Waals surface area (Å²) in [6, 6.07) is 0.171. The first-order valence-corrected chi connectivity index (χ1v) is 12.2. The van der Waals surface area contributed by atoms with Gasteiger partial charge in [0, 0.05) is 35.9 Å². The second kappa shape index (κ2) is 13.1. The maximum atomic E-state index is 12.5. The average Bonchev–Trinajstić information content (AvgIpc) is 3.25. The van der Waals surface area contributed by atoms with Crippen molar-refractivity contribution in [3.63, 3.8) is 0 Å². The zero-order chi connectivity index (χ0) is 21.9. The Morgan fingerprint density at radius 3 is 2.47 bits per heavy atom. The van der Waals surface area contributed by atoms with E-state index in [2.05, 4.69) is 55.5 Å². The Kier molecular flexibility index (Phi) is 10.8. The molecule has 2 aliphatic heterocycles. The van der Waals surface area contributed by atoms with Crippen LogP contribution in [-0.2, 0) is 15.7 Å². The van der Waals surface area contributed by atoms with Crippen molar-refractivity contribution < 1.29 is 8.95 Å². The maximum absolute atomic E-state index is 12.5. The quantitative estimate of drug-likeness (QED) is 0.498. The standard InChI is InChI=1S/C24H39N3O2S/c1-20(2)10-8-11-21(3)25-23(5)22(4)24(26-13-6-7-14-26)12-9-19-30(28)27-15-17-29-18-16-27/h8-11,19-20,24-25H,4-7,12-18H2,1-3H3/b10-8-,19-9+,21-11+. The summed E-state index contributed by atoms with van der Waals surface area (Å²) in [4.78, 5) is 2.47. The van der Waals surface area contributed by atoms with E-state index in [1.807, 2.05) is 22.7 Å². The summed E-state index contributed by atoms with van der Waals surface area (Å²) in [5.41, 5.74) is 2.89. The molecule has 2 saturated heterocycles. The number of likely N-dealkylation sites (tertiary alicyclic amines) is 1.